The Morgan fingerprint density at radius 2 is 2.00 bits per heavy atom. The summed E-state index contributed by atoms with van der Waals surface area (Å²) in [6.45, 7) is 3.77. The number of hydrogen-bond donors (Lipinski definition) is 2. The topological polar surface area (TPSA) is 105 Å². The number of nitrogens with one attached hydrogen (secondary N) is 1. The Morgan fingerprint density at radius 3 is 2.74 bits per heavy atom. The smallest absolute Gasteiger partial charge is 0.327 e. The van der Waals surface area contributed by atoms with Crippen molar-refractivity contribution in [1.29, 1.82) is 0 Å². The van der Waals surface area contributed by atoms with E-state index in [2.05, 4.69) is 15.3 Å². The number of aliphatic carboxylic acids is 1. The monoisotopic (exact) mass is 434 g/mol. The van der Waals surface area contributed by atoms with Crippen LogP contribution in [0.15, 0.2) is 53.8 Å². The van der Waals surface area contributed by atoms with Gasteiger partial charge in [-0.15, -0.1) is 0 Å². The van der Waals surface area contributed by atoms with Crippen LogP contribution in [0.5, 0.6) is 11.5 Å². The molecule has 0 saturated carbocycles. The summed E-state index contributed by atoms with van der Waals surface area (Å²) in [6.07, 6.45) is 3.31. The van der Waals surface area contributed by atoms with Crippen molar-refractivity contribution in [2.45, 2.75) is 30.2 Å². The molecule has 8 nitrogen and oxygen atoms in total. The first-order chi connectivity index (χ1) is 14.9. The van der Waals surface area contributed by atoms with Crippen molar-refractivity contribution < 1.29 is 19.4 Å². The van der Waals surface area contributed by atoms with Gasteiger partial charge in [0.15, 0.2) is 0 Å². The number of anilines is 2. The minimum Gasteiger partial charge on any atom is -0.480 e. The molecule has 5 rings (SSSR count). The van der Waals surface area contributed by atoms with Gasteiger partial charge in [-0.1, -0.05) is 11.8 Å². The van der Waals surface area contributed by atoms with Crippen molar-refractivity contribution in [3.8, 4) is 11.5 Å². The standard InChI is InChI=1S/C22H18N4O4S/c1-11-10-13(30-16-4-3-8-23-12(16)2)5-6-14(11)26-15-7-9-24-20-17(15)18(25-22(26)29)19(31-20)21(27)28/h3-10,18-19H,1-2H3,(H,25,29)(H,27,28). The van der Waals surface area contributed by atoms with Crippen LogP contribution >= 0.6 is 11.8 Å². The molecule has 0 saturated heterocycles. The number of carboxylic acids is 1. The Bertz CT molecular complexity index is 1230. The Kier molecular flexibility index (Phi) is 4.55. The lowest BCUT2D eigenvalue weighted by Gasteiger charge is -2.34. The van der Waals surface area contributed by atoms with E-state index in [1.165, 1.54) is 0 Å². The van der Waals surface area contributed by atoms with E-state index in [-0.39, 0.29) is 6.03 Å². The lowest BCUT2D eigenvalue weighted by atomic mass is 10.00. The van der Waals surface area contributed by atoms with E-state index in [0.717, 1.165) is 28.6 Å². The van der Waals surface area contributed by atoms with E-state index in [4.69, 9.17) is 4.74 Å². The molecule has 0 bridgehead atoms. The number of pyridine rings is 2. The van der Waals surface area contributed by atoms with Crippen LogP contribution in [0.3, 0.4) is 0 Å². The number of hydrogen-bond acceptors (Lipinski definition) is 6. The summed E-state index contributed by atoms with van der Waals surface area (Å²) in [5.41, 5.74) is 3.69. The summed E-state index contributed by atoms with van der Waals surface area (Å²) >= 11 is 1.16. The number of ether oxygens (including phenoxy) is 1. The predicted octanol–water partition coefficient (Wildman–Crippen LogP) is 4.35. The zero-order chi connectivity index (χ0) is 21.7. The molecule has 2 atom stereocenters. The second kappa shape index (κ2) is 7.28. The molecule has 1 aromatic carbocycles. The fourth-order valence-electron chi connectivity index (χ4n) is 3.90. The highest BCUT2D eigenvalue weighted by molar-refractivity contribution is 8.00. The molecule has 2 aliphatic heterocycles. The molecule has 0 radical (unpaired) electrons. The molecule has 2 N–H and O–H groups in total. The third kappa shape index (κ3) is 3.17. The third-order valence-corrected chi connectivity index (χ3v) is 6.62. The van der Waals surface area contributed by atoms with E-state index in [1.54, 1.807) is 29.4 Å². The van der Waals surface area contributed by atoms with Crippen molar-refractivity contribution in [2.24, 2.45) is 0 Å². The second-order valence-electron chi connectivity index (χ2n) is 7.33. The highest BCUT2D eigenvalue weighted by atomic mass is 32.2. The van der Waals surface area contributed by atoms with E-state index < -0.39 is 17.3 Å². The first-order valence-corrected chi connectivity index (χ1v) is 10.5. The lowest BCUT2D eigenvalue weighted by molar-refractivity contribution is -0.136. The van der Waals surface area contributed by atoms with E-state index >= 15 is 0 Å². The number of urea groups is 1. The second-order valence-corrected chi connectivity index (χ2v) is 8.46. The van der Waals surface area contributed by atoms with Gasteiger partial charge in [0.05, 0.1) is 23.1 Å². The van der Waals surface area contributed by atoms with Gasteiger partial charge in [0.2, 0.25) is 0 Å². The maximum Gasteiger partial charge on any atom is 0.327 e. The minimum atomic E-state index is -0.976. The van der Waals surface area contributed by atoms with Crippen molar-refractivity contribution in [3.63, 3.8) is 0 Å². The molecular weight excluding hydrogens is 416 g/mol. The number of carbonyl (C=O) groups is 2. The first-order valence-electron chi connectivity index (χ1n) is 9.63. The minimum absolute atomic E-state index is 0.372. The normalized spacial score (nSPS) is 19.0. The summed E-state index contributed by atoms with van der Waals surface area (Å²) in [5, 5.41) is 12.2. The average Bonchev–Trinajstić information content (AvgIpc) is 3.11. The van der Waals surface area contributed by atoms with Crippen LogP contribution in [-0.2, 0) is 4.79 Å². The van der Waals surface area contributed by atoms with E-state index in [9.17, 15) is 14.7 Å². The van der Waals surface area contributed by atoms with Crippen LogP contribution in [0.2, 0.25) is 0 Å². The largest absolute Gasteiger partial charge is 0.480 e. The Hall–Kier alpha value is -3.59. The van der Waals surface area contributed by atoms with Gasteiger partial charge in [0.1, 0.15) is 21.8 Å². The van der Waals surface area contributed by atoms with Gasteiger partial charge < -0.3 is 15.2 Å². The molecule has 156 valence electrons. The van der Waals surface area contributed by atoms with Gasteiger partial charge in [0.25, 0.3) is 0 Å². The number of carboxylic acid groups (broad SMARTS) is 1. The van der Waals surface area contributed by atoms with Crippen LogP contribution < -0.4 is 15.0 Å². The zero-order valence-electron chi connectivity index (χ0n) is 16.7. The third-order valence-electron chi connectivity index (χ3n) is 5.34. The van der Waals surface area contributed by atoms with Crippen LogP contribution in [0.4, 0.5) is 16.2 Å². The molecular formula is C22H18N4O4S. The van der Waals surface area contributed by atoms with Crippen molar-refractivity contribution >= 4 is 35.1 Å². The quantitative estimate of drug-likeness (QED) is 0.629. The Balaban J connectivity index is 1.52. The van der Waals surface area contributed by atoms with Gasteiger partial charge in [-0.25, -0.2) is 9.78 Å². The Labute approximate surface area is 182 Å². The number of aryl methyl sites for hydroxylation is 2. The molecule has 2 aliphatic rings. The van der Waals surface area contributed by atoms with Gasteiger partial charge in [-0.05, 0) is 55.8 Å². The molecule has 4 heterocycles. The molecule has 2 unspecified atom stereocenters. The zero-order valence-corrected chi connectivity index (χ0v) is 17.5. The van der Waals surface area contributed by atoms with Gasteiger partial charge >= 0.3 is 12.0 Å². The molecule has 0 spiro atoms. The highest BCUT2D eigenvalue weighted by Gasteiger charge is 2.46. The summed E-state index contributed by atoms with van der Waals surface area (Å²) in [5.74, 6) is 0.321. The fraction of sp³-hybridized carbons (Fsp3) is 0.182. The van der Waals surface area contributed by atoms with E-state index in [0.29, 0.717) is 27.9 Å². The Morgan fingerprint density at radius 1 is 1.16 bits per heavy atom. The highest BCUT2D eigenvalue weighted by Crippen LogP contribution is 2.50. The maximum atomic E-state index is 13.0. The number of carbonyl (C=O) groups excluding carboxylic acids is 1. The first kappa shape index (κ1) is 19.4. The van der Waals surface area contributed by atoms with Crippen LogP contribution in [0.25, 0.3) is 0 Å². The van der Waals surface area contributed by atoms with Crippen molar-refractivity contribution in [3.05, 3.63) is 65.6 Å². The predicted molar refractivity (Wildman–Crippen MR) is 115 cm³/mol. The molecule has 0 aliphatic carbocycles. The summed E-state index contributed by atoms with van der Waals surface area (Å²) < 4.78 is 5.96. The number of aromatic nitrogens is 2. The summed E-state index contributed by atoms with van der Waals surface area (Å²) in [4.78, 5) is 34.8. The van der Waals surface area contributed by atoms with Gasteiger partial charge in [-0.2, -0.15) is 0 Å². The van der Waals surface area contributed by atoms with Gasteiger partial charge in [0, 0.05) is 18.0 Å². The maximum absolute atomic E-state index is 13.0. The van der Waals surface area contributed by atoms with Crippen LogP contribution in [0, 0.1) is 13.8 Å². The fourth-order valence-corrected chi connectivity index (χ4v) is 5.06. The molecule has 0 fully saturated rings. The van der Waals surface area contributed by atoms with Gasteiger partial charge in [-0.3, -0.25) is 14.7 Å². The number of amides is 2. The molecule has 2 aromatic heterocycles. The molecule has 31 heavy (non-hydrogen) atoms. The molecule has 3 aromatic rings. The van der Waals surface area contributed by atoms with Crippen molar-refractivity contribution in [1.82, 2.24) is 15.3 Å². The number of nitrogens with zero attached hydrogens (tertiary/aromatic N) is 3. The van der Waals surface area contributed by atoms with Crippen LogP contribution in [0.1, 0.15) is 22.9 Å². The van der Waals surface area contributed by atoms with E-state index in [1.807, 2.05) is 38.1 Å². The number of thioether (sulfide) groups is 1. The number of benzene rings is 1. The molecule has 9 heteroatoms. The SMILES string of the molecule is Cc1cc(Oc2cccnc2C)ccc1N1C(=O)NC2c3c1ccnc3SC2C(=O)O. The summed E-state index contributed by atoms with van der Waals surface area (Å²) in [6, 6.07) is 9.90. The summed E-state index contributed by atoms with van der Waals surface area (Å²) in [7, 11) is 0. The average molecular weight is 434 g/mol. The molecule has 2 amide bonds. The van der Waals surface area contributed by atoms with Crippen molar-refractivity contribution in [2.75, 3.05) is 4.90 Å². The number of rotatable bonds is 4. The lowest BCUT2D eigenvalue weighted by Crippen LogP contribution is -2.47. The van der Waals surface area contributed by atoms with Crippen LogP contribution in [-0.4, -0.2) is 32.3 Å².